The third-order valence-electron chi connectivity index (χ3n) is 3.12. The molecule has 0 bridgehead atoms. The average Bonchev–Trinajstić information content (AvgIpc) is 2.24. The van der Waals surface area contributed by atoms with Crippen LogP contribution in [0, 0.1) is 5.92 Å². The van der Waals surface area contributed by atoms with Gasteiger partial charge in [0.25, 0.3) is 5.56 Å². The third kappa shape index (κ3) is 3.62. The molecule has 1 saturated carbocycles. The largest absolute Gasteiger partial charge is 0.408 e. The van der Waals surface area contributed by atoms with Crippen LogP contribution in [-0.2, 0) is 6.54 Å². The molecule has 4 nitrogen and oxygen atoms in total. The predicted octanol–water partition coefficient (Wildman–Crippen LogP) is 2.67. The van der Waals surface area contributed by atoms with Crippen molar-refractivity contribution in [3.8, 4) is 0 Å². The summed E-state index contributed by atoms with van der Waals surface area (Å²) in [6, 6.07) is 0. The van der Waals surface area contributed by atoms with Crippen LogP contribution in [0.15, 0.2) is 11.0 Å². The van der Waals surface area contributed by atoms with Crippen molar-refractivity contribution in [1.29, 1.82) is 0 Å². The minimum Gasteiger partial charge on any atom is -0.382 e. The van der Waals surface area contributed by atoms with Gasteiger partial charge in [0.15, 0.2) is 0 Å². The van der Waals surface area contributed by atoms with E-state index in [2.05, 4.69) is 10.4 Å². The second-order valence-electron chi connectivity index (χ2n) is 4.63. The van der Waals surface area contributed by atoms with Crippen molar-refractivity contribution in [1.82, 2.24) is 9.78 Å². The molecule has 106 valence electrons. The van der Waals surface area contributed by atoms with E-state index in [1.165, 1.54) is 6.42 Å². The number of rotatable bonds is 4. The van der Waals surface area contributed by atoms with Gasteiger partial charge in [0.2, 0.25) is 0 Å². The summed E-state index contributed by atoms with van der Waals surface area (Å²) in [7, 11) is 0. The van der Waals surface area contributed by atoms with E-state index in [1.807, 2.05) is 0 Å². The highest BCUT2D eigenvalue weighted by Crippen LogP contribution is 2.27. The Balaban J connectivity index is 2.10. The fourth-order valence-corrected chi connectivity index (χ4v) is 2.04. The Morgan fingerprint density at radius 1 is 1.47 bits per heavy atom. The van der Waals surface area contributed by atoms with Gasteiger partial charge in [0, 0.05) is 6.54 Å². The molecular formula is C11H13ClF3N3O. The number of hydrogen-bond donors (Lipinski definition) is 1. The topological polar surface area (TPSA) is 46.9 Å². The van der Waals surface area contributed by atoms with Gasteiger partial charge in [0.05, 0.1) is 11.9 Å². The number of halogens is 4. The Morgan fingerprint density at radius 2 is 2.16 bits per heavy atom. The van der Waals surface area contributed by atoms with Crippen LogP contribution in [0.1, 0.15) is 19.3 Å². The van der Waals surface area contributed by atoms with E-state index in [1.54, 1.807) is 0 Å². The summed E-state index contributed by atoms with van der Waals surface area (Å²) < 4.78 is 36.9. The maximum absolute atomic E-state index is 12.2. The molecule has 0 aliphatic heterocycles. The Kier molecular flexibility index (Phi) is 4.03. The smallest absolute Gasteiger partial charge is 0.382 e. The quantitative estimate of drug-likeness (QED) is 0.929. The Morgan fingerprint density at radius 3 is 2.68 bits per heavy atom. The lowest BCUT2D eigenvalue weighted by molar-refractivity contribution is -0.143. The van der Waals surface area contributed by atoms with Crippen LogP contribution in [-0.4, -0.2) is 22.5 Å². The molecule has 1 N–H and O–H groups in total. The molecule has 0 aromatic carbocycles. The van der Waals surface area contributed by atoms with Gasteiger partial charge in [-0.15, -0.1) is 0 Å². The van der Waals surface area contributed by atoms with Crippen LogP contribution in [0.5, 0.6) is 0 Å². The SMILES string of the molecule is O=c1c(Cl)c(NCC2CCC2)cnn1CC(F)(F)F. The summed E-state index contributed by atoms with van der Waals surface area (Å²) in [5.74, 6) is 0.536. The molecule has 0 unspecified atom stereocenters. The molecule has 1 aromatic rings. The highest BCUT2D eigenvalue weighted by Gasteiger charge is 2.29. The van der Waals surface area contributed by atoms with Crippen LogP contribution >= 0.6 is 11.6 Å². The van der Waals surface area contributed by atoms with Crippen LogP contribution in [0.3, 0.4) is 0 Å². The highest BCUT2D eigenvalue weighted by atomic mass is 35.5. The standard InChI is InChI=1S/C11H13ClF3N3O/c12-9-8(16-4-7-2-1-3-7)5-17-18(10(9)19)6-11(13,14)15/h5,7,16H,1-4,6H2. The second-order valence-corrected chi connectivity index (χ2v) is 5.01. The van der Waals surface area contributed by atoms with Gasteiger partial charge < -0.3 is 5.32 Å². The van der Waals surface area contributed by atoms with Crippen molar-refractivity contribution in [3.05, 3.63) is 21.6 Å². The van der Waals surface area contributed by atoms with Crippen LogP contribution in [0.4, 0.5) is 18.9 Å². The van der Waals surface area contributed by atoms with E-state index in [0.717, 1.165) is 19.0 Å². The minimum atomic E-state index is -4.50. The van der Waals surface area contributed by atoms with Crippen molar-refractivity contribution >= 4 is 17.3 Å². The molecule has 2 rings (SSSR count). The van der Waals surface area contributed by atoms with E-state index in [0.29, 0.717) is 17.1 Å². The Labute approximate surface area is 112 Å². The molecule has 0 radical (unpaired) electrons. The van der Waals surface area contributed by atoms with E-state index in [9.17, 15) is 18.0 Å². The van der Waals surface area contributed by atoms with Crippen LogP contribution < -0.4 is 10.9 Å². The van der Waals surface area contributed by atoms with E-state index < -0.39 is 18.3 Å². The van der Waals surface area contributed by atoms with Crippen LogP contribution in [0.25, 0.3) is 0 Å². The first-order valence-corrected chi connectivity index (χ1v) is 6.31. The van der Waals surface area contributed by atoms with Gasteiger partial charge >= 0.3 is 6.18 Å². The number of nitrogens with one attached hydrogen (secondary N) is 1. The van der Waals surface area contributed by atoms with Crippen molar-refractivity contribution in [2.24, 2.45) is 5.92 Å². The zero-order valence-corrected chi connectivity index (χ0v) is 10.8. The average molecular weight is 296 g/mol. The first kappa shape index (κ1) is 14.2. The number of hydrogen-bond acceptors (Lipinski definition) is 3. The molecule has 19 heavy (non-hydrogen) atoms. The fraction of sp³-hybridized carbons (Fsp3) is 0.636. The van der Waals surface area contributed by atoms with Gasteiger partial charge in [-0.1, -0.05) is 18.0 Å². The molecule has 1 aliphatic rings. The second kappa shape index (κ2) is 5.40. The summed E-state index contributed by atoms with van der Waals surface area (Å²) in [4.78, 5) is 11.6. The van der Waals surface area contributed by atoms with Gasteiger partial charge in [-0.25, -0.2) is 4.68 Å². The van der Waals surface area contributed by atoms with Gasteiger partial charge in [-0.3, -0.25) is 4.79 Å². The first-order valence-electron chi connectivity index (χ1n) is 5.93. The summed E-state index contributed by atoms with van der Waals surface area (Å²) in [5, 5.41) is 6.19. The summed E-state index contributed by atoms with van der Waals surface area (Å²) >= 11 is 5.77. The zero-order valence-electron chi connectivity index (χ0n) is 10.0. The number of anilines is 1. The maximum atomic E-state index is 12.2. The lowest BCUT2D eigenvalue weighted by Gasteiger charge is -2.26. The summed E-state index contributed by atoms with van der Waals surface area (Å²) in [6.07, 6.45) is 0.0764. The molecule has 0 spiro atoms. The van der Waals surface area contributed by atoms with E-state index in [-0.39, 0.29) is 10.7 Å². The molecular weight excluding hydrogens is 283 g/mol. The molecule has 0 atom stereocenters. The molecule has 1 heterocycles. The lowest BCUT2D eigenvalue weighted by Crippen LogP contribution is -2.31. The summed E-state index contributed by atoms with van der Waals surface area (Å²) in [5.41, 5.74) is -0.644. The zero-order chi connectivity index (χ0) is 14.0. The monoisotopic (exact) mass is 295 g/mol. The molecule has 0 saturated heterocycles. The van der Waals surface area contributed by atoms with Crippen molar-refractivity contribution < 1.29 is 13.2 Å². The van der Waals surface area contributed by atoms with Gasteiger partial charge in [-0.05, 0) is 18.8 Å². The van der Waals surface area contributed by atoms with Crippen molar-refractivity contribution in [2.45, 2.75) is 32.0 Å². The Hall–Kier alpha value is -1.24. The number of aromatic nitrogens is 2. The number of alkyl halides is 3. The molecule has 1 fully saturated rings. The van der Waals surface area contributed by atoms with E-state index in [4.69, 9.17) is 11.6 Å². The molecule has 0 amide bonds. The normalized spacial score (nSPS) is 16.2. The highest BCUT2D eigenvalue weighted by molar-refractivity contribution is 6.32. The third-order valence-corrected chi connectivity index (χ3v) is 3.49. The van der Waals surface area contributed by atoms with Crippen molar-refractivity contribution in [3.63, 3.8) is 0 Å². The maximum Gasteiger partial charge on any atom is 0.408 e. The van der Waals surface area contributed by atoms with Crippen LogP contribution in [0.2, 0.25) is 5.02 Å². The predicted molar refractivity (Wildman–Crippen MR) is 65.4 cm³/mol. The van der Waals surface area contributed by atoms with Gasteiger partial charge in [0.1, 0.15) is 11.6 Å². The minimum absolute atomic E-state index is 0.251. The first-order chi connectivity index (χ1) is 8.87. The summed E-state index contributed by atoms with van der Waals surface area (Å²) in [6.45, 7) is -0.779. The van der Waals surface area contributed by atoms with Crippen molar-refractivity contribution in [2.75, 3.05) is 11.9 Å². The lowest BCUT2D eigenvalue weighted by atomic mass is 9.85. The number of nitrogens with zero attached hydrogens (tertiary/aromatic N) is 2. The Bertz CT molecular complexity index is 511. The molecule has 8 heteroatoms. The fourth-order valence-electron chi connectivity index (χ4n) is 1.82. The van der Waals surface area contributed by atoms with Gasteiger partial charge in [-0.2, -0.15) is 18.3 Å². The molecule has 1 aliphatic carbocycles. The molecule has 1 aromatic heterocycles. The van der Waals surface area contributed by atoms with E-state index >= 15 is 0 Å².